The van der Waals surface area contributed by atoms with E-state index in [1.54, 1.807) is 19.1 Å². The minimum atomic E-state index is -0.553. The molecule has 6 heteroatoms. The third kappa shape index (κ3) is 3.82. The molecular formula is C23H16N2O4. The molecule has 1 aliphatic heterocycles. The highest BCUT2D eigenvalue weighted by molar-refractivity contribution is 6.13. The topological polar surface area (TPSA) is 81.8 Å². The number of hydrogen-bond acceptors (Lipinski definition) is 5. The summed E-state index contributed by atoms with van der Waals surface area (Å²) < 4.78 is 5.25. The smallest absolute Gasteiger partial charge is 0.363 e. The Morgan fingerprint density at radius 3 is 2.24 bits per heavy atom. The van der Waals surface area contributed by atoms with E-state index in [0.717, 1.165) is 16.7 Å². The minimum Gasteiger partial charge on any atom is -0.402 e. The van der Waals surface area contributed by atoms with Gasteiger partial charge in [0.25, 0.3) is 5.69 Å². The number of nitrogens with zero attached hydrogens (tertiary/aromatic N) is 2. The second kappa shape index (κ2) is 7.52. The lowest BCUT2D eigenvalue weighted by molar-refractivity contribution is -0.385. The molecule has 0 atom stereocenters. The molecule has 0 saturated heterocycles. The van der Waals surface area contributed by atoms with Crippen molar-refractivity contribution in [2.45, 2.75) is 6.92 Å². The summed E-state index contributed by atoms with van der Waals surface area (Å²) >= 11 is 0. The third-order valence-corrected chi connectivity index (χ3v) is 4.58. The van der Waals surface area contributed by atoms with Crippen molar-refractivity contribution in [1.29, 1.82) is 0 Å². The van der Waals surface area contributed by atoms with Crippen LogP contribution in [0.5, 0.6) is 0 Å². The summed E-state index contributed by atoms with van der Waals surface area (Å²) in [5.41, 5.74) is 4.19. The van der Waals surface area contributed by atoms with E-state index in [1.165, 1.54) is 12.1 Å². The molecule has 0 spiro atoms. The highest BCUT2D eigenvalue weighted by Gasteiger charge is 2.25. The maximum Gasteiger partial charge on any atom is 0.363 e. The first-order valence-corrected chi connectivity index (χ1v) is 8.95. The molecule has 3 aromatic rings. The van der Waals surface area contributed by atoms with Gasteiger partial charge in [-0.2, -0.15) is 0 Å². The molecule has 6 nitrogen and oxygen atoms in total. The van der Waals surface area contributed by atoms with Gasteiger partial charge in [-0.25, -0.2) is 9.79 Å². The van der Waals surface area contributed by atoms with Crippen LogP contribution in [-0.2, 0) is 9.53 Å². The van der Waals surface area contributed by atoms with Crippen LogP contribution in [0.15, 0.2) is 83.5 Å². The first-order valence-electron chi connectivity index (χ1n) is 8.95. The number of benzene rings is 3. The van der Waals surface area contributed by atoms with Gasteiger partial charge in [0, 0.05) is 17.2 Å². The number of esters is 1. The second-order valence-electron chi connectivity index (χ2n) is 6.58. The highest BCUT2D eigenvalue weighted by Crippen LogP contribution is 2.25. The summed E-state index contributed by atoms with van der Waals surface area (Å²) in [7, 11) is 0. The standard InChI is InChI=1S/C23H16N2O4/c1-15-13-19(11-12-21(15)25(27)28)22-24-20(23(26)29-22)14-16-7-9-18(10-8-16)17-5-3-2-4-6-17/h2-14H,1H3/b20-14+. The molecule has 1 aliphatic rings. The molecule has 142 valence electrons. The van der Waals surface area contributed by atoms with Gasteiger partial charge >= 0.3 is 5.97 Å². The SMILES string of the molecule is Cc1cc(C2=N/C(=C/c3ccc(-c4ccccc4)cc3)C(=O)O2)ccc1[N+](=O)[O-]. The summed E-state index contributed by atoms with van der Waals surface area (Å²) in [6.07, 6.45) is 1.66. The maximum absolute atomic E-state index is 12.2. The van der Waals surface area contributed by atoms with Gasteiger partial charge in [-0.05, 0) is 41.8 Å². The number of hydrogen-bond donors (Lipinski definition) is 0. The van der Waals surface area contributed by atoms with Gasteiger partial charge in [0.2, 0.25) is 5.90 Å². The molecule has 0 aliphatic carbocycles. The van der Waals surface area contributed by atoms with Crippen LogP contribution >= 0.6 is 0 Å². The Morgan fingerprint density at radius 1 is 0.931 bits per heavy atom. The Balaban J connectivity index is 1.60. The lowest BCUT2D eigenvalue weighted by Gasteiger charge is -2.02. The maximum atomic E-state index is 12.2. The van der Waals surface area contributed by atoms with Crippen LogP contribution in [0.1, 0.15) is 16.7 Å². The monoisotopic (exact) mass is 384 g/mol. The van der Waals surface area contributed by atoms with E-state index < -0.39 is 10.9 Å². The van der Waals surface area contributed by atoms with E-state index in [-0.39, 0.29) is 17.3 Å². The zero-order valence-corrected chi connectivity index (χ0v) is 15.5. The zero-order chi connectivity index (χ0) is 20.4. The number of nitro groups is 1. The fraction of sp³-hybridized carbons (Fsp3) is 0.0435. The van der Waals surface area contributed by atoms with Crippen molar-refractivity contribution in [2.24, 2.45) is 4.99 Å². The first kappa shape index (κ1) is 18.3. The zero-order valence-electron chi connectivity index (χ0n) is 15.5. The van der Waals surface area contributed by atoms with E-state index in [2.05, 4.69) is 4.99 Å². The molecule has 0 bridgehead atoms. The number of carbonyl (C=O) groups is 1. The van der Waals surface area contributed by atoms with E-state index in [9.17, 15) is 14.9 Å². The summed E-state index contributed by atoms with van der Waals surface area (Å²) in [6.45, 7) is 1.63. The van der Waals surface area contributed by atoms with Crippen LogP contribution in [0.25, 0.3) is 17.2 Å². The van der Waals surface area contributed by atoms with Crippen molar-refractivity contribution in [2.75, 3.05) is 0 Å². The van der Waals surface area contributed by atoms with Crippen molar-refractivity contribution in [3.8, 4) is 11.1 Å². The van der Waals surface area contributed by atoms with Crippen molar-refractivity contribution in [3.05, 3.63) is 105 Å². The largest absolute Gasteiger partial charge is 0.402 e. The molecule has 0 fully saturated rings. The van der Waals surface area contributed by atoms with Gasteiger partial charge in [0.05, 0.1) is 4.92 Å². The fourth-order valence-corrected chi connectivity index (χ4v) is 3.09. The first-order chi connectivity index (χ1) is 14.0. The summed E-state index contributed by atoms with van der Waals surface area (Å²) in [4.78, 5) is 27.0. The Labute approximate surface area is 166 Å². The van der Waals surface area contributed by atoms with Gasteiger partial charge in [0.1, 0.15) is 0 Å². The quantitative estimate of drug-likeness (QED) is 0.277. The number of aryl methyl sites for hydroxylation is 1. The van der Waals surface area contributed by atoms with Crippen molar-refractivity contribution >= 4 is 23.6 Å². The molecule has 3 aromatic carbocycles. The average molecular weight is 384 g/mol. The molecule has 0 aromatic heterocycles. The van der Waals surface area contributed by atoms with Gasteiger partial charge in [-0.3, -0.25) is 10.1 Å². The molecular weight excluding hydrogens is 368 g/mol. The Bertz CT molecular complexity index is 1160. The fourth-order valence-electron chi connectivity index (χ4n) is 3.09. The molecule has 0 unspecified atom stereocenters. The van der Waals surface area contributed by atoms with Gasteiger partial charge in [0.15, 0.2) is 5.70 Å². The van der Waals surface area contributed by atoms with Crippen LogP contribution in [0, 0.1) is 17.0 Å². The Kier molecular flexibility index (Phi) is 4.75. The Hall–Kier alpha value is -4.06. The predicted octanol–water partition coefficient (Wildman–Crippen LogP) is 4.91. The number of cyclic esters (lactones) is 1. The molecule has 0 saturated carbocycles. The van der Waals surface area contributed by atoms with Crippen LogP contribution < -0.4 is 0 Å². The van der Waals surface area contributed by atoms with E-state index in [1.807, 2.05) is 54.6 Å². The molecule has 0 radical (unpaired) electrons. The summed E-state index contributed by atoms with van der Waals surface area (Å²) in [5.74, 6) is -0.414. The number of carbonyl (C=O) groups excluding carboxylic acids is 1. The molecule has 0 amide bonds. The molecule has 1 heterocycles. The van der Waals surface area contributed by atoms with Crippen molar-refractivity contribution in [3.63, 3.8) is 0 Å². The molecule has 4 rings (SSSR count). The normalized spacial score (nSPS) is 14.6. The lowest BCUT2D eigenvalue weighted by Crippen LogP contribution is -2.06. The van der Waals surface area contributed by atoms with Crippen molar-refractivity contribution in [1.82, 2.24) is 0 Å². The van der Waals surface area contributed by atoms with Gasteiger partial charge in [-0.1, -0.05) is 54.6 Å². The van der Waals surface area contributed by atoms with Gasteiger partial charge in [-0.15, -0.1) is 0 Å². The number of aliphatic imine (C=N–C) groups is 1. The molecule has 29 heavy (non-hydrogen) atoms. The van der Waals surface area contributed by atoms with Crippen LogP contribution in [0.4, 0.5) is 5.69 Å². The lowest BCUT2D eigenvalue weighted by atomic mass is 10.0. The summed E-state index contributed by atoms with van der Waals surface area (Å²) in [5, 5.41) is 11.0. The second-order valence-corrected chi connectivity index (χ2v) is 6.58. The minimum absolute atomic E-state index is 0.00736. The van der Waals surface area contributed by atoms with Crippen LogP contribution in [0.3, 0.4) is 0 Å². The van der Waals surface area contributed by atoms with Crippen molar-refractivity contribution < 1.29 is 14.5 Å². The van der Waals surface area contributed by atoms with Crippen LogP contribution in [0.2, 0.25) is 0 Å². The molecule has 0 N–H and O–H groups in total. The highest BCUT2D eigenvalue weighted by atomic mass is 16.6. The van der Waals surface area contributed by atoms with E-state index >= 15 is 0 Å². The van der Waals surface area contributed by atoms with E-state index in [4.69, 9.17) is 4.74 Å². The third-order valence-electron chi connectivity index (χ3n) is 4.58. The van der Waals surface area contributed by atoms with Crippen LogP contribution in [-0.4, -0.2) is 16.8 Å². The Morgan fingerprint density at radius 2 is 1.59 bits per heavy atom. The predicted molar refractivity (Wildman–Crippen MR) is 110 cm³/mol. The number of nitro benzene ring substituents is 1. The van der Waals surface area contributed by atoms with Gasteiger partial charge < -0.3 is 4.74 Å². The summed E-state index contributed by atoms with van der Waals surface area (Å²) in [6, 6.07) is 22.3. The average Bonchev–Trinajstić information content (AvgIpc) is 3.09. The number of ether oxygens (including phenoxy) is 1. The number of rotatable bonds is 4. The van der Waals surface area contributed by atoms with E-state index in [0.29, 0.717) is 11.1 Å².